The molecule has 0 saturated carbocycles. The Hall–Kier alpha value is -6.18. The highest BCUT2D eigenvalue weighted by atomic mass is 15.1. The smallest absolute Gasteiger partial charge is 0.0468 e. The minimum atomic E-state index is 1.10. The molecule has 0 N–H and O–H groups in total. The Morgan fingerprint density at radius 2 is 0.857 bits per heavy atom. The molecule has 0 aliphatic heterocycles. The van der Waals surface area contributed by atoms with E-state index >= 15 is 0 Å². The molecule has 1 nitrogen and oxygen atoms in total. The van der Waals surface area contributed by atoms with Crippen molar-refractivity contribution in [3.05, 3.63) is 206 Å². The van der Waals surface area contributed by atoms with Gasteiger partial charge in [-0.15, -0.1) is 0 Å². The van der Waals surface area contributed by atoms with Gasteiger partial charge in [0, 0.05) is 17.1 Å². The van der Waals surface area contributed by atoms with E-state index in [1.807, 2.05) is 6.92 Å². The number of hydrogen-bond acceptors (Lipinski definition) is 1. The van der Waals surface area contributed by atoms with Crippen LogP contribution in [-0.2, 0) is 0 Å². The van der Waals surface area contributed by atoms with Gasteiger partial charge < -0.3 is 4.90 Å². The highest BCUT2D eigenvalue weighted by Crippen LogP contribution is 2.43. The van der Waals surface area contributed by atoms with Crippen LogP contribution in [0.2, 0.25) is 0 Å². The molecule has 7 aromatic rings. The van der Waals surface area contributed by atoms with Gasteiger partial charge in [-0.05, 0) is 106 Å². The predicted molar refractivity (Wildman–Crippen MR) is 211 cm³/mol. The largest absolute Gasteiger partial charge is 0.310 e. The van der Waals surface area contributed by atoms with E-state index in [4.69, 9.17) is 0 Å². The highest BCUT2D eigenvalue weighted by Gasteiger charge is 2.18. The van der Waals surface area contributed by atoms with Gasteiger partial charge >= 0.3 is 0 Å². The predicted octanol–water partition coefficient (Wildman–Crippen LogP) is 13.8. The Bertz CT molecular complexity index is 2190. The second-order valence-corrected chi connectivity index (χ2v) is 12.2. The fourth-order valence-electron chi connectivity index (χ4n) is 6.44. The van der Waals surface area contributed by atoms with Crippen LogP contribution in [0.4, 0.5) is 17.1 Å². The lowest BCUT2D eigenvalue weighted by molar-refractivity contribution is 1.28. The Morgan fingerprint density at radius 3 is 1.45 bits per heavy atom. The Kier molecular flexibility index (Phi) is 9.43. The molecule has 7 aromatic carbocycles. The van der Waals surface area contributed by atoms with Crippen LogP contribution in [0, 0.1) is 0 Å². The maximum atomic E-state index is 2.36. The molecule has 49 heavy (non-hydrogen) atoms. The Balaban J connectivity index is 1.39. The second-order valence-electron chi connectivity index (χ2n) is 12.2. The van der Waals surface area contributed by atoms with E-state index in [-0.39, 0.29) is 0 Å². The second kappa shape index (κ2) is 14.7. The third-order valence-corrected chi connectivity index (χ3v) is 9.00. The Labute approximate surface area is 290 Å². The summed E-state index contributed by atoms with van der Waals surface area (Å²) in [6.07, 6.45) is 6.31. The summed E-state index contributed by atoms with van der Waals surface area (Å²) in [6.45, 7) is 4.20. The maximum Gasteiger partial charge on any atom is 0.0468 e. The molecule has 0 saturated heterocycles. The zero-order valence-electron chi connectivity index (χ0n) is 28.0. The zero-order valence-corrected chi connectivity index (χ0v) is 28.0. The maximum absolute atomic E-state index is 2.36. The van der Waals surface area contributed by atoms with Crippen LogP contribution in [0.5, 0.6) is 0 Å². The van der Waals surface area contributed by atoms with Crippen LogP contribution in [0.15, 0.2) is 200 Å². The van der Waals surface area contributed by atoms with Crippen molar-refractivity contribution >= 4 is 22.6 Å². The molecule has 0 aliphatic carbocycles. The number of nitrogens with zero attached hydrogens (tertiary/aromatic N) is 1. The molecule has 0 fully saturated rings. The highest BCUT2D eigenvalue weighted by molar-refractivity contribution is 5.94. The number of benzene rings is 7. The van der Waals surface area contributed by atoms with Gasteiger partial charge in [-0.1, -0.05) is 164 Å². The van der Waals surface area contributed by atoms with Crippen LogP contribution in [0.1, 0.15) is 19.4 Å². The van der Waals surface area contributed by atoms with E-state index in [1.54, 1.807) is 0 Å². The molecule has 0 heterocycles. The first-order valence-corrected chi connectivity index (χ1v) is 16.9. The quantitative estimate of drug-likeness (QED) is 0.144. The molecule has 0 spiro atoms. The van der Waals surface area contributed by atoms with Gasteiger partial charge in [-0.2, -0.15) is 0 Å². The van der Waals surface area contributed by atoms with Crippen LogP contribution in [-0.4, -0.2) is 0 Å². The fraction of sp³-hybridized carbons (Fsp3) is 0.0417. The van der Waals surface area contributed by atoms with Crippen molar-refractivity contribution in [2.75, 3.05) is 4.90 Å². The third-order valence-electron chi connectivity index (χ3n) is 9.00. The normalized spacial score (nSPS) is 11.5. The lowest BCUT2D eigenvalue weighted by atomic mass is 9.89. The minimum Gasteiger partial charge on any atom is -0.310 e. The van der Waals surface area contributed by atoms with Gasteiger partial charge in [0.25, 0.3) is 0 Å². The van der Waals surface area contributed by atoms with Gasteiger partial charge in [0.05, 0.1) is 0 Å². The van der Waals surface area contributed by atoms with Crippen molar-refractivity contribution in [1.82, 2.24) is 0 Å². The summed E-state index contributed by atoms with van der Waals surface area (Å²) in [5, 5.41) is 0. The molecule has 236 valence electrons. The average Bonchev–Trinajstić information content (AvgIpc) is 3.18. The summed E-state index contributed by atoms with van der Waals surface area (Å²) in [7, 11) is 0. The molecule has 0 amide bonds. The van der Waals surface area contributed by atoms with Crippen LogP contribution in [0.25, 0.3) is 50.1 Å². The molecule has 0 atom stereocenters. The summed E-state index contributed by atoms with van der Waals surface area (Å²) >= 11 is 0. The van der Waals surface area contributed by atoms with E-state index in [9.17, 15) is 0 Å². The summed E-state index contributed by atoms with van der Waals surface area (Å²) < 4.78 is 0. The van der Waals surface area contributed by atoms with Gasteiger partial charge in [-0.25, -0.2) is 0 Å². The lowest BCUT2D eigenvalue weighted by Crippen LogP contribution is -2.10. The van der Waals surface area contributed by atoms with E-state index in [0.29, 0.717) is 0 Å². The molecule has 0 bridgehead atoms. The zero-order chi connectivity index (χ0) is 33.4. The lowest BCUT2D eigenvalue weighted by Gasteiger charge is -2.27. The van der Waals surface area contributed by atoms with Crippen LogP contribution in [0.3, 0.4) is 0 Å². The van der Waals surface area contributed by atoms with Crippen molar-refractivity contribution in [2.45, 2.75) is 13.8 Å². The summed E-state index contributed by atoms with van der Waals surface area (Å²) in [5.74, 6) is 0. The van der Waals surface area contributed by atoms with Gasteiger partial charge in [0.15, 0.2) is 0 Å². The van der Waals surface area contributed by atoms with Gasteiger partial charge in [0.1, 0.15) is 0 Å². The van der Waals surface area contributed by atoms with Gasteiger partial charge in [-0.3, -0.25) is 0 Å². The topological polar surface area (TPSA) is 3.24 Å². The first kappa shape index (κ1) is 31.4. The van der Waals surface area contributed by atoms with E-state index < -0.39 is 0 Å². The molecular weight excluding hydrogens is 591 g/mol. The third kappa shape index (κ3) is 6.93. The molecule has 1 heteroatoms. The van der Waals surface area contributed by atoms with Crippen molar-refractivity contribution in [2.24, 2.45) is 0 Å². The SMILES string of the molecule is C/C=C\C=C(/C)c1ccc(N(c2ccc(-c3ccccc3)cc2)c2ccc(-c3ccccc3-c3ccccc3)c(-c3ccccc3)c2)cc1. The van der Waals surface area contributed by atoms with Crippen LogP contribution >= 0.6 is 0 Å². The van der Waals surface area contributed by atoms with E-state index in [1.165, 1.54) is 55.6 Å². The average molecular weight is 630 g/mol. The summed E-state index contributed by atoms with van der Waals surface area (Å²) in [4.78, 5) is 2.36. The monoisotopic (exact) mass is 629 g/mol. The molecule has 0 unspecified atom stereocenters. The van der Waals surface area contributed by atoms with E-state index in [2.05, 4.69) is 212 Å². The summed E-state index contributed by atoms with van der Waals surface area (Å²) in [5.41, 5.74) is 15.4. The van der Waals surface area contributed by atoms with Crippen molar-refractivity contribution in [3.8, 4) is 44.5 Å². The molecule has 7 rings (SSSR count). The van der Waals surface area contributed by atoms with Gasteiger partial charge in [0.2, 0.25) is 0 Å². The molecule has 0 radical (unpaired) electrons. The number of hydrogen-bond donors (Lipinski definition) is 0. The minimum absolute atomic E-state index is 1.10. The molecule has 0 aromatic heterocycles. The fourth-order valence-corrected chi connectivity index (χ4v) is 6.44. The Morgan fingerprint density at radius 1 is 0.408 bits per heavy atom. The standard InChI is InChI=1S/C48H39N/c1-3-4-16-36(2)37-25-29-42(30-26-37)49(43-31-27-39(28-32-43)38-17-8-5-9-18-38)44-33-34-47(48(35-44)41-21-12-7-13-22-41)46-24-15-14-23-45(46)40-19-10-6-11-20-40/h3-35H,1-2H3/b4-3-,36-16+. The summed E-state index contributed by atoms with van der Waals surface area (Å²) in [6, 6.07) is 65.4. The first-order valence-electron chi connectivity index (χ1n) is 16.9. The number of allylic oxidation sites excluding steroid dienone is 4. The molecule has 0 aliphatic rings. The van der Waals surface area contributed by atoms with Crippen LogP contribution < -0.4 is 4.90 Å². The molecular formula is C48H39N. The first-order chi connectivity index (χ1) is 24.2. The number of anilines is 3. The van der Waals surface area contributed by atoms with Crippen molar-refractivity contribution in [3.63, 3.8) is 0 Å². The van der Waals surface area contributed by atoms with Crippen molar-refractivity contribution in [1.29, 1.82) is 0 Å². The van der Waals surface area contributed by atoms with Crippen molar-refractivity contribution < 1.29 is 0 Å². The number of rotatable bonds is 9. The van der Waals surface area contributed by atoms with E-state index in [0.717, 1.165) is 17.1 Å².